The smallest absolute Gasteiger partial charge is 0.333 e. The Bertz CT molecular complexity index is 364. The first-order chi connectivity index (χ1) is 9.49. The van der Waals surface area contributed by atoms with Crippen LogP contribution in [0.1, 0.15) is 53.9 Å². The Morgan fingerprint density at radius 3 is 1.45 bits per heavy atom. The summed E-state index contributed by atoms with van der Waals surface area (Å²) in [6.07, 6.45) is -12.7. The maximum absolute atomic E-state index is 14.4. The molecule has 0 heterocycles. The molecule has 0 spiro atoms. The van der Waals surface area contributed by atoms with Crippen molar-refractivity contribution < 1.29 is 40.2 Å². The Morgan fingerprint density at radius 2 is 1.18 bits per heavy atom. The lowest BCUT2D eigenvalue weighted by atomic mass is 9.92. The van der Waals surface area contributed by atoms with E-state index in [1.165, 1.54) is 27.7 Å². The first-order valence-electron chi connectivity index (χ1n) is 6.72. The van der Waals surface area contributed by atoms with E-state index in [0.29, 0.717) is 0 Å². The normalized spacial score (nSPS) is 19.6. The lowest BCUT2D eigenvalue weighted by Gasteiger charge is -2.41. The second-order valence-corrected chi connectivity index (χ2v) is 5.97. The standard InChI is InChI=1S/C13H21F7O2/c1-6-9(3,4)21-11(14,12(15,16)17)8-10(5,7-2)22-13(18,19)20/h6-8H2,1-5H3. The van der Waals surface area contributed by atoms with Gasteiger partial charge in [0.15, 0.2) is 0 Å². The van der Waals surface area contributed by atoms with E-state index in [0.717, 1.165) is 6.92 Å². The Hall–Kier alpha value is -0.570. The zero-order valence-electron chi connectivity index (χ0n) is 13.1. The van der Waals surface area contributed by atoms with Crippen molar-refractivity contribution >= 4 is 0 Å². The topological polar surface area (TPSA) is 18.5 Å². The van der Waals surface area contributed by atoms with Crippen LogP contribution >= 0.6 is 0 Å². The van der Waals surface area contributed by atoms with Crippen molar-refractivity contribution in [2.75, 3.05) is 0 Å². The van der Waals surface area contributed by atoms with E-state index in [1.807, 2.05) is 0 Å². The zero-order chi connectivity index (χ0) is 18.0. The van der Waals surface area contributed by atoms with E-state index in [4.69, 9.17) is 0 Å². The fourth-order valence-corrected chi connectivity index (χ4v) is 1.70. The van der Waals surface area contributed by atoms with Gasteiger partial charge in [0.25, 0.3) is 0 Å². The van der Waals surface area contributed by atoms with Crippen molar-refractivity contribution in [2.45, 2.75) is 83.5 Å². The van der Waals surface area contributed by atoms with Crippen molar-refractivity contribution in [3.05, 3.63) is 0 Å². The van der Waals surface area contributed by atoms with Crippen LogP contribution in [-0.2, 0) is 9.47 Å². The van der Waals surface area contributed by atoms with Gasteiger partial charge in [-0.3, -0.25) is 4.74 Å². The molecule has 2 nitrogen and oxygen atoms in total. The van der Waals surface area contributed by atoms with Crippen LogP contribution in [-0.4, -0.2) is 29.6 Å². The number of ether oxygens (including phenoxy) is 2. The molecule has 22 heavy (non-hydrogen) atoms. The summed E-state index contributed by atoms with van der Waals surface area (Å²) in [7, 11) is 0. The van der Waals surface area contributed by atoms with E-state index in [1.54, 1.807) is 0 Å². The number of alkyl halides is 7. The summed E-state index contributed by atoms with van der Waals surface area (Å²) in [6, 6.07) is 0. The third-order valence-electron chi connectivity index (χ3n) is 3.42. The molecule has 0 aliphatic carbocycles. The average molecular weight is 342 g/mol. The molecule has 9 heteroatoms. The van der Waals surface area contributed by atoms with Crippen molar-refractivity contribution in [1.29, 1.82) is 0 Å². The van der Waals surface area contributed by atoms with Crippen molar-refractivity contribution in [2.24, 2.45) is 0 Å². The molecule has 0 saturated carbocycles. The number of rotatable bonds is 7. The summed E-state index contributed by atoms with van der Waals surface area (Å²) < 4.78 is 98.8. The highest BCUT2D eigenvalue weighted by Gasteiger charge is 2.62. The maximum Gasteiger partial charge on any atom is 0.523 e. The molecule has 134 valence electrons. The van der Waals surface area contributed by atoms with Gasteiger partial charge in [-0.15, -0.1) is 13.2 Å². The molecule has 0 amide bonds. The van der Waals surface area contributed by atoms with Crippen LogP contribution < -0.4 is 0 Å². The fourth-order valence-electron chi connectivity index (χ4n) is 1.70. The van der Waals surface area contributed by atoms with Crippen LogP contribution in [0.2, 0.25) is 0 Å². The number of hydrogen-bond donors (Lipinski definition) is 0. The maximum atomic E-state index is 14.4. The Morgan fingerprint density at radius 1 is 0.727 bits per heavy atom. The third kappa shape index (κ3) is 6.28. The third-order valence-corrected chi connectivity index (χ3v) is 3.42. The Balaban J connectivity index is 5.55. The molecular weight excluding hydrogens is 321 g/mol. The van der Waals surface area contributed by atoms with Gasteiger partial charge < -0.3 is 4.74 Å². The molecule has 0 aromatic heterocycles. The van der Waals surface area contributed by atoms with Crippen LogP contribution in [0, 0.1) is 0 Å². The van der Waals surface area contributed by atoms with E-state index in [9.17, 15) is 30.7 Å². The predicted molar refractivity (Wildman–Crippen MR) is 65.8 cm³/mol. The second-order valence-electron chi connectivity index (χ2n) is 5.97. The monoisotopic (exact) mass is 342 g/mol. The van der Waals surface area contributed by atoms with Crippen molar-refractivity contribution in [3.8, 4) is 0 Å². The zero-order valence-corrected chi connectivity index (χ0v) is 13.1. The molecule has 0 fully saturated rings. The van der Waals surface area contributed by atoms with E-state index < -0.39 is 42.4 Å². The first-order valence-corrected chi connectivity index (χ1v) is 6.72. The highest BCUT2D eigenvalue weighted by atomic mass is 19.4. The van der Waals surface area contributed by atoms with E-state index >= 15 is 0 Å². The van der Waals surface area contributed by atoms with Crippen LogP contribution in [0.5, 0.6) is 0 Å². The summed E-state index contributed by atoms with van der Waals surface area (Å²) in [4.78, 5) is 0. The molecule has 0 aromatic carbocycles. The lowest BCUT2D eigenvalue weighted by molar-refractivity contribution is -0.403. The molecule has 0 aromatic rings. The molecule has 2 atom stereocenters. The minimum Gasteiger partial charge on any atom is -0.333 e. The lowest BCUT2D eigenvalue weighted by Crippen LogP contribution is -2.54. The Labute approximate surface area is 125 Å². The molecule has 0 aliphatic heterocycles. The average Bonchev–Trinajstić information content (AvgIpc) is 2.24. The van der Waals surface area contributed by atoms with E-state index in [-0.39, 0.29) is 6.42 Å². The van der Waals surface area contributed by atoms with Crippen LogP contribution in [0.25, 0.3) is 0 Å². The SMILES string of the molecule is CCC(C)(C)OC(F)(CC(C)(CC)OC(F)(F)F)C(F)(F)F. The summed E-state index contributed by atoms with van der Waals surface area (Å²) >= 11 is 0. The van der Waals surface area contributed by atoms with Crippen LogP contribution in [0.3, 0.4) is 0 Å². The van der Waals surface area contributed by atoms with E-state index in [2.05, 4.69) is 9.47 Å². The number of halogens is 7. The van der Waals surface area contributed by atoms with Gasteiger partial charge in [-0.05, 0) is 33.6 Å². The van der Waals surface area contributed by atoms with Gasteiger partial charge in [-0.1, -0.05) is 13.8 Å². The molecule has 0 rings (SSSR count). The van der Waals surface area contributed by atoms with Gasteiger partial charge in [0.2, 0.25) is 0 Å². The Kier molecular flexibility index (Phi) is 6.34. The summed E-state index contributed by atoms with van der Waals surface area (Å²) in [5, 5.41) is 0. The van der Waals surface area contributed by atoms with Gasteiger partial charge in [-0.25, -0.2) is 4.39 Å². The van der Waals surface area contributed by atoms with Gasteiger partial charge in [0.1, 0.15) is 0 Å². The molecule has 0 N–H and O–H groups in total. The van der Waals surface area contributed by atoms with Gasteiger partial charge in [0.05, 0.1) is 11.2 Å². The van der Waals surface area contributed by atoms with Gasteiger partial charge in [-0.2, -0.15) is 13.2 Å². The summed E-state index contributed by atoms with van der Waals surface area (Å²) in [6.45, 7) is 5.86. The molecule has 2 unspecified atom stereocenters. The molecule has 0 aliphatic rings. The van der Waals surface area contributed by atoms with Crippen molar-refractivity contribution in [1.82, 2.24) is 0 Å². The van der Waals surface area contributed by atoms with Crippen molar-refractivity contribution in [3.63, 3.8) is 0 Å². The molecule has 0 radical (unpaired) electrons. The van der Waals surface area contributed by atoms with Crippen LogP contribution in [0.15, 0.2) is 0 Å². The quantitative estimate of drug-likeness (QED) is 0.568. The number of hydrogen-bond acceptors (Lipinski definition) is 2. The minimum atomic E-state index is -5.50. The molecule has 0 saturated heterocycles. The van der Waals surface area contributed by atoms with Gasteiger partial charge >= 0.3 is 18.4 Å². The predicted octanol–water partition coefficient (Wildman–Crippen LogP) is 5.51. The summed E-state index contributed by atoms with van der Waals surface area (Å²) in [5.74, 6) is -4.25. The van der Waals surface area contributed by atoms with Gasteiger partial charge in [0, 0.05) is 6.42 Å². The largest absolute Gasteiger partial charge is 0.523 e. The van der Waals surface area contributed by atoms with Crippen LogP contribution in [0.4, 0.5) is 30.7 Å². The summed E-state index contributed by atoms with van der Waals surface area (Å²) in [5.41, 5.74) is -3.91. The second kappa shape index (κ2) is 6.51. The molecular formula is C13H21F7O2. The minimum absolute atomic E-state index is 0.0394. The highest BCUT2D eigenvalue weighted by Crippen LogP contribution is 2.46. The molecule has 0 bridgehead atoms. The highest BCUT2D eigenvalue weighted by molar-refractivity contribution is 4.90. The first kappa shape index (κ1) is 21.4. The fraction of sp³-hybridized carbons (Fsp3) is 1.00.